The maximum absolute atomic E-state index is 13.6. The van der Waals surface area contributed by atoms with Gasteiger partial charge < -0.3 is 30.1 Å². The highest BCUT2D eigenvalue weighted by Crippen LogP contribution is 2.27. The smallest absolute Gasteiger partial charge is 0.408 e. The minimum absolute atomic E-state index is 0.394. The summed E-state index contributed by atoms with van der Waals surface area (Å²) in [6.45, 7) is 11.2. The van der Waals surface area contributed by atoms with E-state index in [0.717, 1.165) is 5.56 Å². The minimum atomic E-state index is -1.36. The minimum Gasteiger partial charge on any atom is -0.468 e. The van der Waals surface area contributed by atoms with Gasteiger partial charge in [0, 0.05) is 6.04 Å². The van der Waals surface area contributed by atoms with Gasteiger partial charge in [-0.05, 0) is 51.3 Å². The number of benzene rings is 1. The first-order valence-electron chi connectivity index (χ1n) is 11.4. The highest BCUT2D eigenvalue weighted by atomic mass is 16.6. The van der Waals surface area contributed by atoms with E-state index in [1.807, 2.05) is 6.92 Å². The fourth-order valence-electron chi connectivity index (χ4n) is 3.23. The zero-order valence-electron chi connectivity index (χ0n) is 21.3. The van der Waals surface area contributed by atoms with Crippen LogP contribution in [0.4, 0.5) is 4.79 Å². The van der Waals surface area contributed by atoms with E-state index >= 15 is 0 Å². The second-order valence-corrected chi connectivity index (χ2v) is 8.95. The summed E-state index contributed by atoms with van der Waals surface area (Å²) >= 11 is 0. The van der Waals surface area contributed by atoms with Gasteiger partial charge in [-0.2, -0.15) is 0 Å². The van der Waals surface area contributed by atoms with Crippen LogP contribution < -0.4 is 10.6 Å². The lowest BCUT2D eigenvalue weighted by atomic mass is 9.98. The van der Waals surface area contributed by atoms with E-state index in [-0.39, 0.29) is 0 Å². The third-order valence-electron chi connectivity index (χ3n) is 5.12. The van der Waals surface area contributed by atoms with Gasteiger partial charge >= 0.3 is 12.1 Å². The third-order valence-corrected chi connectivity index (χ3v) is 5.12. The number of carbonyl (C=O) groups is 4. The van der Waals surface area contributed by atoms with Crippen molar-refractivity contribution in [2.75, 3.05) is 20.3 Å². The van der Waals surface area contributed by atoms with E-state index in [0.29, 0.717) is 12.0 Å². The number of rotatable bonds is 11. The van der Waals surface area contributed by atoms with Gasteiger partial charge in [0.2, 0.25) is 11.8 Å². The van der Waals surface area contributed by atoms with Crippen LogP contribution in [-0.4, -0.2) is 71.8 Å². The Bertz CT molecular complexity index is 911. The summed E-state index contributed by atoms with van der Waals surface area (Å²) in [7, 11) is 1.20. The van der Waals surface area contributed by atoms with E-state index in [4.69, 9.17) is 4.74 Å². The van der Waals surface area contributed by atoms with Crippen LogP contribution in [0.25, 0.3) is 6.08 Å². The van der Waals surface area contributed by atoms with Gasteiger partial charge in [-0.1, -0.05) is 37.8 Å². The third kappa shape index (κ3) is 9.05. The van der Waals surface area contributed by atoms with Crippen molar-refractivity contribution < 1.29 is 33.8 Å². The molecule has 0 aliphatic carbocycles. The molecule has 0 aromatic heterocycles. The molecule has 0 radical (unpaired) electrons. The number of hydrogen-bond acceptors (Lipinski definition) is 7. The molecule has 3 N–H and O–H groups in total. The maximum Gasteiger partial charge on any atom is 0.408 e. The standard InChI is InChI=1S/C25H37N3O7/c1-8-16(3)28(23(32)19(15-29)27-24(33)35-25(4,5)6)21(22(31)26-14-20(30)34-7)18-12-10-11-17(9-2)13-18/h9-13,16,19,21,29H,2,8,14-15H2,1,3-7H3,(H,26,31)(H,27,33). The molecule has 0 saturated heterocycles. The van der Waals surface area contributed by atoms with E-state index in [1.54, 1.807) is 58.0 Å². The summed E-state index contributed by atoms with van der Waals surface area (Å²) in [4.78, 5) is 52.2. The van der Waals surface area contributed by atoms with E-state index in [1.165, 1.54) is 12.0 Å². The number of nitrogens with zero attached hydrogens (tertiary/aromatic N) is 1. The van der Waals surface area contributed by atoms with Crippen molar-refractivity contribution in [2.45, 2.75) is 64.8 Å². The highest BCUT2D eigenvalue weighted by Gasteiger charge is 2.38. The number of aliphatic hydroxyl groups excluding tert-OH is 1. The van der Waals surface area contributed by atoms with Crippen molar-refractivity contribution in [1.29, 1.82) is 0 Å². The SMILES string of the molecule is C=Cc1cccc(C(C(=O)NCC(=O)OC)N(C(=O)C(CO)NC(=O)OC(C)(C)C)C(C)CC)c1. The van der Waals surface area contributed by atoms with Crippen molar-refractivity contribution >= 4 is 30.0 Å². The van der Waals surface area contributed by atoms with Crippen LogP contribution in [0.5, 0.6) is 0 Å². The Kier molecular flexibility index (Phi) is 11.4. The first-order chi connectivity index (χ1) is 16.4. The summed E-state index contributed by atoms with van der Waals surface area (Å²) < 4.78 is 9.81. The van der Waals surface area contributed by atoms with Crippen LogP contribution in [0.3, 0.4) is 0 Å². The molecule has 1 rings (SSSR count). The number of nitrogens with one attached hydrogen (secondary N) is 2. The molecule has 0 aliphatic rings. The molecule has 10 heteroatoms. The van der Waals surface area contributed by atoms with Crippen LogP contribution in [0.1, 0.15) is 58.2 Å². The summed E-state index contributed by atoms with van der Waals surface area (Å²) in [6.07, 6.45) is 1.19. The van der Waals surface area contributed by atoms with Crippen LogP contribution in [-0.2, 0) is 23.9 Å². The van der Waals surface area contributed by atoms with Gasteiger partial charge in [-0.15, -0.1) is 0 Å². The topological polar surface area (TPSA) is 134 Å². The number of amides is 3. The van der Waals surface area contributed by atoms with E-state index in [2.05, 4.69) is 21.9 Å². The summed E-state index contributed by atoms with van der Waals surface area (Å²) in [5, 5.41) is 14.8. The van der Waals surface area contributed by atoms with Gasteiger partial charge in [0.05, 0.1) is 13.7 Å². The number of hydrogen-bond donors (Lipinski definition) is 3. The fraction of sp³-hybridized carbons (Fsp3) is 0.520. The van der Waals surface area contributed by atoms with Crippen LogP contribution in [0.15, 0.2) is 30.8 Å². The quantitative estimate of drug-likeness (QED) is 0.404. The highest BCUT2D eigenvalue weighted by molar-refractivity contribution is 5.93. The normalized spacial score (nSPS) is 13.6. The number of ether oxygens (including phenoxy) is 2. The molecule has 3 unspecified atom stereocenters. The van der Waals surface area contributed by atoms with Gasteiger partial charge in [0.15, 0.2) is 0 Å². The van der Waals surface area contributed by atoms with Crippen molar-refractivity contribution in [3.8, 4) is 0 Å². The molecule has 0 bridgehead atoms. The molecular formula is C25H37N3O7. The predicted octanol–water partition coefficient (Wildman–Crippen LogP) is 2.17. The molecule has 0 heterocycles. The van der Waals surface area contributed by atoms with E-state index < -0.39 is 60.8 Å². The van der Waals surface area contributed by atoms with Crippen molar-refractivity contribution in [2.24, 2.45) is 0 Å². The van der Waals surface area contributed by atoms with Crippen LogP contribution in [0, 0.1) is 0 Å². The Morgan fingerprint density at radius 3 is 2.40 bits per heavy atom. The summed E-state index contributed by atoms with van der Waals surface area (Å²) in [5.74, 6) is -1.97. The molecule has 1 aromatic carbocycles. The predicted molar refractivity (Wildman–Crippen MR) is 131 cm³/mol. The van der Waals surface area contributed by atoms with Crippen LogP contribution >= 0.6 is 0 Å². The molecule has 1 aromatic rings. The van der Waals surface area contributed by atoms with Gasteiger partial charge in [0.25, 0.3) is 0 Å². The first kappa shape index (κ1) is 29.6. The molecular weight excluding hydrogens is 454 g/mol. The number of aliphatic hydroxyl groups is 1. The maximum atomic E-state index is 13.6. The average molecular weight is 492 g/mol. The Balaban J connectivity index is 3.47. The number of carbonyl (C=O) groups excluding carboxylic acids is 4. The van der Waals surface area contributed by atoms with Crippen molar-refractivity contribution in [3.05, 3.63) is 42.0 Å². The monoisotopic (exact) mass is 491 g/mol. The zero-order chi connectivity index (χ0) is 26.8. The molecule has 3 atom stereocenters. The van der Waals surface area contributed by atoms with Crippen molar-refractivity contribution in [1.82, 2.24) is 15.5 Å². The lowest BCUT2D eigenvalue weighted by Crippen LogP contribution is -2.56. The lowest BCUT2D eigenvalue weighted by Gasteiger charge is -2.38. The van der Waals surface area contributed by atoms with Crippen molar-refractivity contribution in [3.63, 3.8) is 0 Å². The number of alkyl carbamates (subject to hydrolysis) is 1. The molecule has 194 valence electrons. The number of methoxy groups -OCH3 is 1. The average Bonchev–Trinajstić information content (AvgIpc) is 2.81. The largest absolute Gasteiger partial charge is 0.468 e. The second-order valence-electron chi connectivity index (χ2n) is 8.95. The first-order valence-corrected chi connectivity index (χ1v) is 11.4. The summed E-state index contributed by atoms with van der Waals surface area (Å²) in [5.41, 5.74) is 0.369. The zero-order valence-corrected chi connectivity index (χ0v) is 21.3. The Hall–Kier alpha value is -3.40. The molecule has 0 spiro atoms. The Morgan fingerprint density at radius 2 is 1.89 bits per heavy atom. The summed E-state index contributed by atoms with van der Waals surface area (Å²) in [6, 6.07) is 3.87. The molecule has 0 saturated carbocycles. The Labute approximate surface area is 206 Å². The van der Waals surface area contributed by atoms with E-state index in [9.17, 15) is 24.3 Å². The molecule has 35 heavy (non-hydrogen) atoms. The van der Waals surface area contributed by atoms with Gasteiger partial charge in [-0.25, -0.2) is 4.79 Å². The Morgan fingerprint density at radius 1 is 1.23 bits per heavy atom. The second kappa shape index (κ2) is 13.5. The fourth-order valence-corrected chi connectivity index (χ4v) is 3.23. The lowest BCUT2D eigenvalue weighted by molar-refractivity contribution is -0.147. The van der Waals surface area contributed by atoms with Gasteiger partial charge in [-0.3, -0.25) is 14.4 Å². The molecule has 3 amide bonds. The van der Waals surface area contributed by atoms with Gasteiger partial charge in [0.1, 0.15) is 24.2 Å². The molecule has 10 nitrogen and oxygen atoms in total. The number of esters is 1. The molecule has 0 fully saturated rings. The van der Waals surface area contributed by atoms with Crippen LogP contribution in [0.2, 0.25) is 0 Å². The molecule has 0 aliphatic heterocycles.